The molecule has 0 bridgehead atoms. The van der Waals surface area contributed by atoms with Gasteiger partial charge in [0.2, 0.25) is 0 Å². The first kappa shape index (κ1) is 16.8. The third-order valence-electron chi connectivity index (χ3n) is 3.37. The second-order valence-electron chi connectivity index (χ2n) is 5.97. The van der Waals surface area contributed by atoms with Crippen molar-refractivity contribution in [2.45, 2.75) is 53.0 Å². The highest BCUT2D eigenvalue weighted by Crippen LogP contribution is 2.24. The number of halogens is 2. The first-order valence-corrected chi connectivity index (χ1v) is 7.85. The largest absolute Gasteiger partial charge is 0.312 e. The lowest BCUT2D eigenvalue weighted by Gasteiger charge is -2.25. The number of nitrogens with one attached hydrogen (secondary N) is 1. The van der Waals surface area contributed by atoms with Gasteiger partial charge in [0.05, 0.1) is 10.0 Å². The van der Waals surface area contributed by atoms with Crippen LogP contribution in [0.15, 0.2) is 18.2 Å². The van der Waals surface area contributed by atoms with Gasteiger partial charge in [0, 0.05) is 13.1 Å². The van der Waals surface area contributed by atoms with Crippen LogP contribution in [0.25, 0.3) is 0 Å². The summed E-state index contributed by atoms with van der Waals surface area (Å²) in [6, 6.07) is 5.81. The minimum atomic E-state index is 0.353. The van der Waals surface area contributed by atoms with E-state index in [1.807, 2.05) is 18.2 Å². The lowest BCUT2D eigenvalue weighted by Crippen LogP contribution is -2.29. The molecule has 108 valence electrons. The average molecular weight is 302 g/mol. The second-order valence-corrected chi connectivity index (χ2v) is 6.79. The molecule has 1 N–H and O–H groups in total. The maximum atomic E-state index is 6.01. The molecular weight excluding hydrogens is 277 g/mol. The summed E-state index contributed by atoms with van der Waals surface area (Å²) in [7, 11) is 0. The number of rotatable bonds is 8. The van der Waals surface area contributed by atoms with E-state index in [9.17, 15) is 0 Å². The first-order valence-electron chi connectivity index (χ1n) is 7.09. The van der Waals surface area contributed by atoms with Gasteiger partial charge in [-0.3, -0.25) is 0 Å². The van der Waals surface area contributed by atoms with Crippen molar-refractivity contribution in [1.29, 1.82) is 0 Å². The Bertz CT molecular complexity index is 388. The summed E-state index contributed by atoms with van der Waals surface area (Å²) < 4.78 is 0. The van der Waals surface area contributed by atoms with Crippen LogP contribution in [0.4, 0.5) is 0 Å². The van der Waals surface area contributed by atoms with Gasteiger partial charge in [0.15, 0.2) is 0 Å². The molecule has 0 spiro atoms. The Morgan fingerprint density at radius 3 is 2.47 bits per heavy atom. The van der Waals surface area contributed by atoms with Gasteiger partial charge in [-0.15, -0.1) is 0 Å². The van der Waals surface area contributed by atoms with Crippen molar-refractivity contribution >= 4 is 23.2 Å². The Hall–Kier alpha value is -0.240. The zero-order chi connectivity index (χ0) is 14.3. The van der Waals surface area contributed by atoms with Crippen LogP contribution >= 0.6 is 23.2 Å². The average Bonchev–Trinajstić information content (AvgIpc) is 2.34. The summed E-state index contributed by atoms with van der Waals surface area (Å²) >= 11 is 11.9. The fraction of sp³-hybridized carbons (Fsp3) is 0.625. The Kier molecular flexibility index (Phi) is 7.20. The molecule has 0 aliphatic heterocycles. The van der Waals surface area contributed by atoms with Gasteiger partial charge in [-0.05, 0) is 29.5 Å². The molecule has 0 unspecified atom stereocenters. The van der Waals surface area contributed by atoms with E-state index in [4.69, 9.17) is 23.2 Å². The summed E-state index contributed by atoms with van der Waals surface area (Å²) in [4.78, 5) is 0. The van der Waals surface area contributed by atoms with Gasteiger partial charge in [-0.2, -0.15) is 0 Å². The third kappa shape index (κ3) is 6.65. The molecule has 19 heavy (non-hydrogen) atoms. The van der Waals surface area contributed by atoms with E-state index in [2.05, 4.69) is 26.1 Å². The van der Waals surface area contributed by atoms with Crippen LogP contribution in [0.1, 0.15) is 52.0 Å². The van der Waals surface area contributed by atoms with Crippen molar-refractivity contribution < 1.29 is 0 Å². The normalized spacial score (nSPS) is 11.8. The molecule has 1 aromatic rings. The Balaban J connectivity index is 2.34. The van der Waals surface area contributed by atoms with Gasteiger partial charge in [-0.1, -0.05) is 69.3 Å². The molecule has 0 heterocycles. The Morgan fingerprint density at radius 2 is 1.84 bits per heavy atom. The Morgan fingerprint density at radius 1 is 1.11 bits per heavy atom. The van der Waals surface area contributed by atoms with E-state index in [0.29, 0.717) is 15.5 Å². The summed E-state index contributed by atoms with van der Waals surface area (Å²) in [5, 5.41) is 4.76. The van der Waals surface area contributed by atoms with Gasteiger partial charge in [-0.25, -0.2) is 0 Å². The fourth-order valence-corrected chi connectivity index (χ4v) is 2.46. The van der Waals surface area contributed by atoms with Crippen molar-refractivity contribution in [2.24, 2.45) is 5.41 Å². The molecule has 0 saturated heterocycles. The molecule has 3 heteroatoms. The van der Waals surface area contributed by atoms with E-state index in [0.717, 1.165) is 13.1 Å². The summed E-state index contributed by atoms with van der Waals surface area (Å²) in [5.74, 6) is 0. The number of benzene rings is 1. The molecule has 0 amide bonds. The predicted molar refractivity (Wildman–Crippen MR) is 86.1 cm³/mol. The van der Waals surface area contributed by atoms with Crippen molar-refractivity contribution in [3.05, 3.63) is 33.8 Å². The van der Waals surface area contributed by atoms with Crippen LogP contribution in [-0.2, 0) is 6.54 Å². The summed E-state index contributed by atoms with van der Waals surface area (Å²) in [6.45, 7) is 8.76. The minimum absolute atomic E-state index is 0.353. The lowest BCUT2D eigenvalue weighted by molar-refractivity contribution is 0.302. The zero-order valence-corrected chi connectivity index (χ0v) is 13.7. The van der Waals surface area contributed by atoms with Crippen LogP contribution in [0, 0.1) is 5.41 Å². The van der Waals surface area contributed by atoms with Crippen molar-refractivity contribution in [2.75, 3.05) is 6.54 Å². The van der Waals surface area contributed by atoms with Crippen molar-refractivity contribution in [3.63, 3.8) is 0 Å². The van der Waals surface area contributed by atoms with Crippen LogP contribution in [-0.4, -0.2) is 6.54 Å². The van der Waals surface area contributed by atoms with E-state index >= 15 is 0 Å². The van der Waals surface area contributed by atoms with Crippen LogP contribution in [0.3, 0.4) is 0 Å². The van der Waals surface area contributed by atoms with E-state index < -0.39 is 0 Å². The molecule has 0 atom stereocenters. The molecular formula is C16H25Cl2N. The van der Waals surface area contributed by atoms with Crippen LogP contribution < -0.4 is 5.32 Å². The van der Waals surface area contributed by atoms with Gasteiger partial charge in [0.1, 0.15) is 0 Å². The Labute approximate surface area is 127 Å². The van der Waals surface area contributed by atoms with E-state index in [-0.39, 0.29) is 0 Å². The van der Waals surface area contributed by atoms with E-state index in [1.54, 1.807) is 0 Å². The molecule has 1 rings (SSSR count). The molecule has 0 fully saturated rings. The monoisotopic (exact) mass is 301 g/mol. The molecule has 1 nitrogen and oxygen atoms in total. The standard InChI is InChI=1S/C16H25Cl2N/c1-4-5-6-9-16(2,3)12-19-11-13-7-8-14(17)15(18)10-13/h7-8,10,19H,4-6,9,11-12H2,1-3H3. The minimum Gasteiger partial charge on any atom is -0.312 e. The molecule has 0 aliphatic carbocycles. The molecule has 0 aromatic heterocycles. The summed E-state index contributed by atoms with van der Waals surface area (Å²) in [5.41, 5.74) is 1.53. The van der Waals surface area contributed by atoms with Gasteiger partial charge < -0.3 is 5.32 Å². The smallest absolute Gasteiger partial charge is 0.0595 e. The SMILES string of the molecule is CCCCCC(C)(C)CNCc1ccc(Cl)c(Cl)c1. The highest BCUT2D eigenvalue weighted by atomic mass is 35.5. The fourth-order valence-electron chi connectivity index (χ4n) is 2.14. The first-order chi connectivity index (χ1) is 8.94. The van der Waals surface area contributed by atoms with Crippen LogP contribution in [0.2, 0.25) is 10.0 Å². The highest BCUT2D eigenvalue weighted by molar-refractivity contribution is 6.42. The molecule has 0 aliphatic rings. The quantitative estimate of drug-likeness (QED) is 0.608. The second kappa shape index (κ2) is 8.14. The van der Waals surface area contributed by atoms with E-state index in [1.165, 1.54) is 31.2 Å². The van der Waals surface area contributed by atoms with Crippen molar-refractivity contribution in [3.8, 4) is 0 Å². The molecule has 0 saturated carbocycles. The zero-order valence-electron chi connectivity index (χ0n) is 12.2. The molecule has 1 aromatic carbocycles. The maximum absolute atomic E-state index is 6.01. The predicted octanol–water partition coefficient (Wildman–Crippen LogP) is 5.69. The van der Waals surface area contributed by atoms with Crippen LogP contribution in [0.5, 0.6) is 0 Å². The van der Waals surface area contributed by atoms with Gasteiger partial charge >= 0.3 is 0 Å². The maximum Gasteiger partial charge on any atom is 0.0595 e. The highest BCUT2D eigenvalue weighted by Gasteiger charge is 2.16. The lowest BCUT2D eigenvalue weighted by atomic mass is 9.87. The third-order valence-corrected chi connectivity index (χ3v) is 4.11. The number of hydrogen-bond donors (Lipinski definition) is 1. The summed E-state index contributed by atoms with van der Waals surface area (Å²) in [6.07, 6.45) is 5.20. The van der Waals surface area contributed by atoms with Crippen molar-refractivity contribution in [1.82, 2.24) is 5.32 Å². The topological polar surface area (TPSA) is 12.0 Å². The number of unbranched alkanes of at least 4 members (excludes halogenated alkanes) is 2. The van der Waals surface area contributed by atoms with Gasteiger partial charge in [0.25, 0.3) is 0 Å². The number of hydrogen-bond acceptors (Lipinski definition) is 1. The molecule has 0 radical (unpaired) electrons.